The van der Waals surface area contributed by atoms with Gasteiger partial charge in [-0.05, 0) is 42.7 Å². The van der Waals surface area contributed by atoms with Gasteiger partial charge in [0.25, 0.3) is 11.8 Å². The van der Waals surface area contributed by atoms with Gasteiger partial charge < -0.3 is 0 Å². The zero-order valence-corrected chi connectivity index (χ0v) is 16.8. The first kappa shape index (κ1) is 20.3. The van der Waals surface area contributed by atoms with Crippen molar-refractivity contribution in [1.82, 2.24) is 15.2 Å². The lowest BCUT2D eigenvalue weighted by Crippen LogP contribution is -2.56. The van der Waals surface area contributed by atoms with Crippen LogP contribution in [0, 0.1) is 0 Å². The van der Waals surface area contributed by atoms with Crippen LogP contribution in [0.25, 0.3) is 0 Å². The number of rotatable bonds is 4. The minimum absolute atomic E-state index is 0.117. The molecule has 1 aliphatic rings. The van der Waals surface area contributed by atoms with Gasteiger partial charge in [-0.15, -0.1) is 0 Å². The van der Waals surface area contributed by atoms with Gasteiger partial charge in [-0.3, -0.25) is 20.4 Å². The van der Waals surface area contributed by atoms with Crippen LogP contribution < -0.4 is 10.9 Å². The lowest BCUT2D eigenvalue weighted by atomic mass is 9.95. The largest absolute Gasteiger partial charge is 0.271 e. The SMILES string of the molecule is CCS(=O)(=O)N1Cc2ccccc2C[C@@H]1C(=O)NNC(=O)c1cccc(Cl)c1. The fourth-order valence-electron chi connectivity index (χ4n) is 3.08. The van der Waals surface area contributed by atoms with Gasteiger partial charge in [0, 0.05) is 17.1 Å². The Morgan fingerprint density at radius 3 is 2.50 bits per heavy atom. The lowest BCUT2D eigenvalue weighted by Gasteiger charge is -2.34. The number of nitrogens with zero attached hydrogens (tertiary/aromatic N) is 1. The number of halogens is 1. The summed E-state index contributed by atoms with van der Waals surface area (Å²) in [4.78, 5) is 24.9. The Kier molecular flexibility index (Phi) is 6.02. The van der Waals surface area contributed by atoms with Crippen LogP contribution in [-0.2, 0) is 27.8 Å². The third-order valence-electron chi connectivity index (χ3n) is 4.62. The molecule has 1 atom stereocenters. The van der Waals surface area contributed by atoms with Crippen LogP contribution in [0.1, 0.15) is 28.4 Å². The smallest absolute Gasteiger partial charge is 0.269 e. The molecule has 2 N–H and O–H groups in total. The molecule has 1 aliphatic heterocycles. The van der Waals surface area contributed by atoms with Crippen molar-refractivity contribution in [2.24, 2.45) is 0 Å². The van der Waals surface area contributed by atoms with E-state index in [1.54, 1.807) is 18.2 Å². The molecule has 2 aromatic carbocycles. The van der Waals surface area contributed by atoms with Crippen LogP contribution >= 0.6 is 11.6 Å². The highest BCUT2D eigenvalue weighted by molar-refractivity contribution is 7.89. The number of sulfonamides is 1. The van der Waals surface area contributed by atoms with E-state index in [4.69, 9.17) is 11.6 Å². The number of carbonyl (C=O) groups is 2. The minimum atomic E-state index is -3.61. The summed E-state index contributed by atoms with van der Waals surface area (Å²) in [5.41, 5.74) is 6.71. The van der Waals surface area contributed by atoms with E-state index in [0.29, 0.717) is 5.02 Å². The maximum absolute atomic E-state index is 12.7. The summed E-state index contributed by atoms with van der Waals surface area (Å²) in [6, 6.07) is 12.7. The van der Waals surface area contributed by atoms with E-state index in [0.717, 1.165) is 11.1 Å². The molecule has 7 nitrogen and oxygen atoms in total. The molecule has 28 heavy (non-hydrogen) atoms. The molecule has 2 aromatic rings. The van der Waals surface area contributed by atoms with Gasteiger partial charge in [0.2, 0.25) is 10.0 Å². The van der Waals surface area contributed by atoms with Crippen LogP contribution in [0.15, 0.2) is 48.5 Å². The van der Waals surface area contributed by atoms with E-state index in [1.807, 2.05) is 24.3 Å². The van der Waals surface area contributed by atoms with E-state index in [-0.39, 0.29) is 24.3 Å². The molecule has 0 radical (unpaired) electrons. The van der Waals surface area contributed by atoms with Crippen LogP contribution in [0.3, 0.4) is 0 Å². The number of fused-ring (bicyclic) bond motifs is 1. The van der Waals surface area contributed by atoms with Gasteiger partial charge in [0.15, 0.2) is 0 Å². The van der Waals surface area contributed by atoms with Gasteiger partial charge in [0.05, 0.1) is 5.75 Å². The molecule has 2 amide bonds. The van der Waals surface area contributed by atoms with E-state index in [1.165, 1.54) is 17.3 Å². The maximum atomic E-state index is 12.7. The van der Waals surface area contributed by atoms with Gasteiger partial charge in [-0.1, -0.05) is 41.9 Å². The number of benzene rings is 2. The van der Waals surface area contributed by atoms with Crippen molar-refractivity contribution in [2.45, 2.75) is 25.9 Å². The quantitative estimate of drug-likeness (QED) is 0.737. The molecule has 9 heteroatoms. The molecular weight excluding hydrogens is 402 g/mol. The van der Waals surface area contributed by atoms with E-state index < -0.39 is 27.9 Å². The molecule has 0 spiro atoms. The summed E-state index contributed by atoms with van der Waals surface area (Å²) in [7, 11) is -3.61. The standard InChI is InChI=1S/C19H20ClN3O4S/c1-2-28(26,27)23-12-15-7-4-3-6-13(15)11-17(23)19(25)22-21-18(24)14-8-5-9-16(20)10-14/h3-10,17H,2,11-12H2,1H3,(H,21,24)(H,22,25)/t17-/m1/s1. The number of hydrogen-bond donors (Lipinski definition) is 2. The summed E-state index contributed by atoms with van der Waals surface area (Å²) in [5, 5.41) is 0.392. The second kappa shape index (κ2) is 8.30. The zero-order chi connectivity index (χ0) is 20.3. The first-order chi connectivity index (χ1) is 13.3. The van der Waals surface area contributed by atoms with Crippen molar-refractivity contribution in [3.63, 3.8) is 0 Å². The van der Waals surface area contributed by atoms with Crippen molar-refractivity contribution >= 4 is 33.4 Å². The van der Waals surface area contributed by atoms with Crippen LogP contribution in [0.4, 0.5) is 0 Å². The van der Waals surface area contributed by atoms with Crippen LogP contribution in [0.2, 0.25) is 5.02 Å². The molecular formula is C19H20ClN3O4S. The minimum Gasteiger partial charge on any atom is -0.271 e. The van der Waals surface area contributed by atoms with E-state index in [9.17, 15) is 18.0 Å². The number of amides is 2. The third-order valence-corrected chi connectivity index (χ3v) is 6.68. The molecule has 0 unspecified atom stereocenters. The molecule has 3 rings (SSSR count). The normalized spacial score (nSPS) is 16.9. The molecule has 0 aromatic heterocycles. The van der Waals surface area contributed by atoms with Crippen molar-refractivity contribution in [3.05, 3.63) is 70.2 Å². The van der Waals surface area contributed by atoms with Gasteiger partial charge in [-0.25, -0.2) is 8.42 Å². The summed E-state index contributed by atoms with van der Waals surface area (Å²) in [6.45, 7) is 1.65. The Morgan fingerprint density at radius 2 is 1.82 bits per heavy atom. The second-order valence-electron chi connectivity index (χ2n) is 6.39. The monoisotopic (exact) mass is 421 g/mol. The highest BCUT2D eigenvalue weighted by Crippen LogP contribution is 2.26. The first-order valence-corrected chi connectivity index (χ1v) is 10.7. The Labute approximate surface area is 168 Å². The van der Waals surface area contributed by atoms with Crippen molar-refractivity contribution in [2.75, 3.05) is 5.75 Å². The van der Waals surface area contributed by atoms with Crippen molar-refractivity contribution < 1.29 is 18.0 Å². The number of carbonyl (C=O) groups excluding carboxylic acids is 2. The summed E-state index contributed by atoms with van der Waals surface area (Å²) in [5.74, 6) is -1.26. The van der Waals surface area contributed by atoms with Crippen LogP contribution in [0.5, 0.6) is 0 Å². The zero-order valence-electron chi connectivity index (χ0n) is 15.2. The van der Waals surface area contributed by atoms with Gasteiger partial charge in [0.1, 0.15) is 6.04 Å². The number of hydrogen-bond acceptors (Lipinski definition) is 4. The summed E-state index contributed by atoms with van der Waals surface area (Å²) < 4.78 is 26.2. The fraction of sp³-hybridized carbons (Fsp3) is 0.263. The Morgan fingerprint density at radius 1 is 1.11 bits per heavy atom. The first-order valence-electron chi connectivity index (χ1n) is 8.74. The van der Waals surface area contributed by atoms with Crippen molar-refractivity contribution in [1.29, 1.82) is 0 Å². The molecule has 0 fully saturated rings. The molecule has 0 bridgehead atoms. The van der Waals surface area contributed by atoms with Crippen LogP contribution in [-0.4, -0.2) is 36.3 Å². The van der Waals surface area contributed by atoms with Gasteiger partial charge >= 0.3 is 0 Å². The highest BCUT2D eigenvalue weighted by atomic mass is 35.5. The van der Waals surface area contributed by atoms with Gasteiger partial charge in [-0.2, -0.15) is 4.31 Å². The maximum Gasteiger partial charge on any atom is 0.269 e. The highest BCUT2D eigenvalue weighted by Gasteiger charge is 2.38. The molecule has 0 aliphatic carbocycles. The third kappa shape index (κ3) is 4.35. The van der Waals surface area contributed by atoms with Crippen molar-refractivity contribution in [3.8, 4) is 0 Å². The Balaban J connectivity index is 1.77. The molecule has 148 valence electrons. The summed E-state index contributed by atoms with van der Waals surface area (Å²) >= 11 is 5.87. The number of hydrazine groups is 1. The average Bonchev–Trinajstić information content (AvgIpc) is 2.70. The van der Waals surface area contributed by atoms with E-state index in [2.05, 4.69) is 10.9 Å². The summed E-state index contributed by atoms with van der Waals surface area (Å²) in [6.07, 6.45) is 0.230. The predicted octanol–water partition coefficient (Wildman–Crippen LogP) is 1.88. The molecule has 0 saturated carbocycles. The predicted molar refractivity (Wildman–Crippen MR) is 106 cm³/mol. The molecule has 0 saturated heterocycles. The molecule has 1 heterocycles. The Bertz CT molecular complexity index is 1010. The van der Waals surface area contributed by atoms with E-state index >= 15 is 0 Å². The fourth-order valence-corrected chi connectivity index (χ4v) is 4.50. The Hall–Kier alpha value is -2.42. The second-order valence-corrected chi connectivity index (χ2v) is 9.03. The number of nitrogens with one attached hydrogen (secondary N) is 2. The average molecular weight is 422 g/mol. The lowest BCUT2D eigenvalue weighted by molar-refractivity contribution is -0.126. The topological polar surface area (TPSA) is 95.6 Å².